The molecule has 3 aromatic rings. The van der Waals surface area contributed by atoms with Crippen LogP contribution < -0.4 is 19.7 Å². The van der Waals surface area contributed by atoms with Gasteiger partial charge in [-0.3, -0.25) is 0 Å². The SMILES string of the molecule is COc1ccc(C(=O)Oc2cc(C)c(OC(=O)c3ccc(B(O)O)cc3)c(C)c2C)cc1. The van der Waals surface area contributed by atoms with Crippen molar-refractivity contribution in [3.8, 4) is 17.2 Å². The molecule has 0 aromatic heterocycles. The predicted molar refractivity (Wildman–Crippen MR) is 120 cm³/mol. The van der Waals surface area contributed by atoms with Gasteiger partial charge in [0.15, 0.2) is 0 Å². The van der Waals surface area contributed by atoms with E-state index in [2.05, 4.69) is 0 Å². The fraction of sp³-hybridized carbons (Fsp3) is 0.167. The maximum absolute atomic E-state index is 12.6. The molecule has 0 unspecified atom stereocenters. The van der Waals surface area contributed by atoms with Gasteiger partial charge in [-0.15, -0.1) is 0 Å². The summed E-state index contributed by atoms with van der Waals surface area (Å²) >= 11 is 0. The van der Waals surface area contributed by atoms with Crippen LogP contribution in [0.15, 0.2) is 54.6 Å². The topological polar surface area (TPSA) is 102 Å². The molecule has 0 amide bonds. The summed E-state index contributed by atoms with van der Waals surface area (Å²) in [6, 6.07) is 14.0. The van der Waals surface area contributed by atoms with E-state index in [0.717, 1.165) is 0 Å². The molecular formula is C24H23BO7. The van der Waals surface area contributed by atoms with Crippen LogP contribution in [0, 0.1) is 20.8 Å². The number of carbonyl (C=O) groups is 2. The van der Waals surface area contributed by atoms with Gasteiger partial charge < -0.3 is 24.3 Å². The molecule has 0 heterocycles. The van der Waals surface area contributed by atoms with E-state index in [1.165, 1.54) is 24.3 Å². The molecule has 0 spiro atoms. The Balaban J connectivity index is 1.80. The third-order valence-electron chi connectivity index (χ3n) is 5.15. The highest BCUT2D eigenvalue weighted by molar-refractivity contribution is 6.58. The summed E-state index contributed by atoms with van der Waals surface area (Å²) < 4.78 is 16.3. The molecule has 0 bridgehead atoms. The van der Waals surface area contributed by atoms with E-state index in [1.54, 1.807) is 58.2 Å². The van der Waals surface area contributed by atoms with Gasteiger partial charge in [-0.2, -0.15) is 0 Å². The third-order valence-corrected chi connectivity index (χ3v) is 5.15. The molecule has 0 fully saturated rings. The smallest absolute Gasteiger partial charge is 0.488 e. The molecular weight excluding hydrogens is 411 g/mol. The number of hydrogen-bond donors (Lipinski definition) is 2. The molecule has 0 saturated heterocycles. The maximum Gasteiger partial charge on any atom is 0.488 e. The van der Waals surface area contributed by atoms with Crippen molar-refractivity contribution in [2.75, 3.05) is 7.11 Å². The second kappa shape index (κ2) is 9.68. The van der Waals surface area contributed by atoms with Crippen LogP contribution in [0.1, 0.15) is 37.4 Å². The summed E-state index contributed by atoms with van der Waals surface area (Å²) in [5.74, 6) is 0.297. The third kappa shape index (κ3) is 4.99. The lowest BCUT2D eigenvalue weighted by atomic mass is 9.80. The van der Waals surface area contributed by atoms with Crippen LogP contribution in [0.4, 0.5) is 0 Å². The molecule has 7 nitrogen and oxygen atoms in total. The van der Waals surface area contributed by atoms with E-state index in [1.807, 2.05) is 0 Å². The molecule has 32 heavy (non-hydrogen) atoms. The molecule has 0 aliphatic heterocycles. The van der Waals surface area contributed by atoms with Crippen molar-refractivity contribution in [2.24, 2.45) is 0 Å². The highest BCUT2D eigenvalue weighted by atomic mass is 16.5. The lowest BCUT2D eigenvalue weighted by Crippen LogP contribution is -2.29. The average molecular weight is 434 g/mol. The number of hydrogen-bond acceptors (Lipinski definition) is 7. The molecule has 0 saturated carbocycles. The summed E-state index contributed by atoms with van der Waals surface area (Å²) in [6.45, 7) is 5.31. The molecule has 2 N–H and O–H groups in total. The van der Waals surface area contributed by atoms with E-state index in [4.69, 9.17) is 14.2 Å². The van der Waals surface area contributed by atoms with Crippen LogP contribution >= 0.6 is 0 Å². The van der Waals surface area contributed by atoms with Crippen molar-refractivity contribution in [3.63, 3.8) is 0 Å². The van der Waals surface area contributed by atoms with Gasteiger partial charge in [0.2, 0.25) is 0 Å². The second-order valence-electron chi connectivity index (χ2n) is 7.27. The zero-order valence-corrected chi connectivity index (χ0v) is 18.2. The van der Waals surface area contributed by atoms with Crippen LogP contribution in [-0.4, -0.2) is 36.2 Å². The minimum Gasteiger partial charge on any atom is -0.497 e. The van der Waals surface area contributed by atoms with Gasteiger partial charge in [0.05, 0.1) is 18.2 Å². The van der Waals surface area contributed by atoms with Crippen molar-refractivity contribution in [3.05, 3.63) is 82.4 Å². The zero-order chi connectivity index (χ0) is 23.4. The van der Waals surface area contributed by atoms with Crippen LogP contribution in [0.3, 0.4) is 0 Å². The Labute approximate surface area is 186 Å². The van der Waals surface area contributed by atoms with E-state index < -0.39 is 19.1 Å². The molecule has 3 aromatic carbocycles. The molecule has 0 radical (unpaired) electrons. The number of esters is 2. The van der Waals surface area contributed by atoms with Crippen molar-refractivity contribution in [1.82, 2.24) is 0 Å². The number of aryl methyl sites for hydroxylation is 1. The highest BCUT2D eigenvalue weighted by Gasteiger charge is 2.19. The first-order chi connectivity index (χ1) is 15.2. The number of ether oxygens (including phenoxy) is 3. The fourth-order valence-electron chi connectivity index (χ4n) is 3.11. The second-order valence-corrected chi connectivity index (χ2v) is 7.27. The van der Waals surface area contributed by atoms with Gasteiger partial charge in [-0.25, -0.2) is 9.59 Å². The quantitative estimate of drug-likeness (QED) is 0.350. The Morgan fingerprint density at radius 2 is 1.31 bits per heavy atom. The Bertz CT molecular complexity index is 1140. The van der Waals surface area contributed by atoms with Gasteiger partial charge in [0, 0.05) is 0 Å². The lowest BCUT2D eigenvalue weighted by Gasteiger charge is -2.16. The summed E-state index contributed by atoms with van der Waals surface area (Å²) in [5, 5.41) is 18.3. The maximum atomic E-state index is 12.6. The number of benzene rings is 3. The zero-order valence-electron chi connectivity index (χ0n) is 18.2. The van der Waals surface area contributed by atoms with Gasteiger partial charge in [-0.05, 0) is 85.4 Å². The predicted octanol–water partition coefficient (Wildman–Crippen LogP) is 2.74. The first-order valence-electron chi connectivity index (χ1n) is 9.86. The summed E-state index contributed by atoms with van der Waals surface area (Å²) in [4.78, 5) is 25.1. The lowest BCUT2D eigenvalue weighted by molar-refractivity contribution is 0.0716. The van der Waals surface area contributed by atoms with Crippen molar-refractivity contribution in [1.29, 1.82) is 0 Å². The number of carbonyl (C=O) groups excluding carboxylic acids is 2. The minimum atomic E-state index is -1.61. The molecule has 0 aliphatic rings. The Morgan fingerprint density at radius 1 is 0.781 bits per heavy atom. The van der Waals surface area contributed by atoms with Crippen molar-refractivity contribution >= 4 is 24.5 Å². The van der Waals surface area contributed by atoms with Crippen molar-refractivity contribution < 1.29 is 33.8 Å². The van der Waals surface area contributed by atoms with E-state index in [-0.39, 0.29) is 11.0 Å². The van der Waals surface area contributed by atoms with E-state index >= 15 is 0 Å². The Morgan fingerprint density at radius 3 is 1.84 bits per heavy atom. The standard InChI is InChI=1S/C24H23BO7/c1-14-13-21(31-23(26)18-7-11-20(30-4)12-8-18)15(2)16(3)22(14)32-24(27)17-5-9-19(10-6-17)25(28)29/h5-13,28-29H,1-4H3. The van der Waals surface area contributed by atoms with Crippen LogP contribution in [0.2, 0.25) is 0 Å². The molecule has 8 heteroatoms. The molecule has 0 atom stereocenters. The Kier molecular flexibility index (Phi) is 6.97. The molecule has 3 rings (SSSR count). The molecule has 0 aliphatic carbocycles. The summed E-state index contributed by atoms with van der Waals surface area (Å²) in [7, 11) is -0.0640. The number of methoxy groups -OCH3 is 1. The molecule has 164 valence electrons. The van der Waals surface area contributed by atoms with Crippen LogP contribution in [0.25, 0.3) is 0 Å². The van der Waals surface area contributed by atoms with Crippen LogP contribution in [-0.2, 0) is 0 Å². The fourth-order valence-corrected chi connectivity index (χ4v) is 3.11. The van der Waals surface area contributed by atoms with Gasteiger partial charge in [0.25, 0.3) is 0 Å². The first kappa shape index (κ1) is 23.1. The minimum absolute atomic E-state index is 0.265. The summed E-state index contributed by atoms with van der Waals surface area (Å²) in [5.41, 5.74) is 2.87. The van der Waals surface area contributed by atoms with Gasteiger partial charge >= 0.3 is 19.1 Å². The summed E-state index contributed by atoms with van der Waals surface area (Å²) in [6.07, 6.45) is 0. The van der Waals surface area contributed by atoms with Crippen LogP contribution in [0.5, 0.6) is 17.2 Å². The van der Waals surface area contributed by atoms with Gasteiger partial charge in [-0.1, -0.05) is 12.1 Å². The first-order valence-corrected chi connectivity index (χ1v) is 9.86. The normalized spacial score (nSPS) is 10.4. The average Bonchev–Trinajstić information content (AvgIpc) is 2.80. The largest absolute Gasteiger partial charge is 0.497 e. The van der Waals surface area contributed by atoms with E-state index in [0.29, 0.717) is 39.5 Å². The monoisotopic (exact) mass is 434 g/mol. The highest BCUT2D eigenvalue weighted by Crippen LogP contribution is 2.34. The Hall–Kier alpha value is -3.62. The van der Waals surface area contributed by atoms with E-state index in [9.17, 15) is 19.6 Å². The van der Waals surface area contributed by atoms with Crippen molar-refractivity contribution in [2.45, 2.75) is 20.8 Å². The van der Waals surface area contributed by atoms with Gasteiger partial charge in [0.1, 0.15) is 17.2 Å². The number of rotatable bonds is 6.